The van der Waals surface area contributed by atoms with Crippen LogP contribution in [0.3, 0.4) is 0 Å². The predicted octanol–water partition coefficient (Wildman–Crippen LogP) is 6.37. The van der Waals surface area contributed by atoms with Crippen LogP contribution in [-0.2, 0) is 15.0 Å². The molecule has 1 N–H and O–H groups in total. The number of thiazole rings is 1. The molecular formula is C29H25FN2O4S. The lowest BCUT2D eigenvalue weighted by molar-refractivity contribution is -0.132. The Morgan fingerprint density at radius 3 is 2.32 bits per heavy atom. The molecule has 1 aromatic heterocycles. The molecule has 1 aliphatic heterocycles. The zero-order chi connectivity index (χ0) is 26.5. The molecule has 1 amide bonds. The largest absolute Gasteiger partial charge is 0.507 e. The van der Waals surface area contributed by atoms with Crippen LogP contribution in [0.2, 0.25) is 0 Å². The van der Waals surface area contributed by atoms with Crippen molar-refractivity contribution in [1.82, 2.24) is 4.98 Å². The van der Waals surface area contributed by atoms with E-state index in [0.29, 0.717) is 22.0 Å². The van der Waals surface area contributed by atoms with E-state index in [9.17, 15) is 19.1 Å². The van der Waals surface area contributed by atoms with E-state index in [1.807, 2.05) is 30.3 Å². The van der Waals surface area contributed by atoms with Crippen molar-refractivity contribution >= 4 is 44.1 Å². The van der Waals surface area contributed by atoms with Gasteiger partial charge in [0.15, 0.2) is 5.13 Å². The van der Waals surface area contributed by atoms with Crippen LogP contribution in [0.1, 0.15) is 43.5 Å². The van der Waals surface area contributed by atoms with E-state index < -0.39 is 23.5 Å². The van der Waals surface area contributed by atoms with Crippen LogP contribution in [0, 0.1) is 5.82 Å². The molecule has 4 aromatic rings. The van der Waals surface area contributed by atoms with E-state index in [1.54, 1.807) is 19.2 Å². The highest BCUT2D eigenvalue weighted by Gasteiger charge is 2.48. The number of ether oxygens (including phenoxy) is 1. The number of aliphatic hydroxyl groups is 1. The molecule has 2 heterocycles. The number of rotatable bonds is 4. The number of carbonyl (C=O) groups is 2. The summed E-state index contributed by atoms with van der Waals surface area (Å²) >= 11 is 1.26. The van der Waals surface area contributed by atoms with Crippen molar-refractivity contribution in [3.8, 4) is 5.75 Å². The third-order valence-electron chi connectivity index (χ3n) is 6.44. The maximum atomic E-state index is 13.5. The molecule has 1 aliphatic rings. The van der Waals surface area contributed by atoms with Crippen molar-refractivity contribution in [2.24, 2.45) is 0 Å². The Morgan fingerprint density at radius 1 is 1.03 bits per heavy atom. The molecule has 1 saturated heterocycles. The molecule has 8 heteroatoms. The summed E-state index contributed by atoms with van der Waals surface area (Å²) in [7, 11) is 1.57. The highest BCUT2D eigenvalue weighted by atomic mass is 32.1. The van der Waals surface area contributed by atoms with Gasteiger partial charge >= 0.3 is 5.91 Å². The van der Waals surface area contributed by atoms with Crippen molar-refractivity contribution in [3.05, 3.63) is 94.8 Å². The standard InChI is InChI=1S/C29H25FN2O4S/c1-29(2,3)18-9-5-16(6-10-18)24-23(25(33)17-7-11-19(30)12-8-17)26(34)27(35)32(24)28-31-21-14-13-20(36-4)15-22(21)37-28/h5-15,24,33H,1-4H3. The summed E-state index contributed by atoms with van der Waals surface area (Å²) < 4.78 is 19.6. The molecule has 0 aliphatic carbocycles. The van der Waals surface area contributed by atoms with E-state index >= 15 is 0 Å². The second-order valence-corrected chi connectivity index (χ2v) is 10.9. The van der Waals surface area contributed by atoms with Crippen LogP contribution >= 0.6 is 11.3 Å². The summed E-state index contributed by atoms with van der Waals surface area (Å²) in [6.07, 6.45) is 0. The van der Waals surface area contributed by atoms with Gasteiger partial charge in [-0.2, -0.15) is 0 Å². The Hall–Kier alpha value is -4.04. The Kier molecular flexibility index (Phi) is 6.07. The first-order valence-electron chi connectivity index (χ1n) is 11.7. The maximum Gasteiger partial charge on any atom is 0.301 e. The molecule has 0 radical (unpaired) electrons. The van der Waals surface area contributed by atoms with Gasteiger partial charge in [-0.3, -0.25) is 14.5 Å². The number of halogens is 1. The van der Waals surface area contributed by atoms with Gasteiger partial charge in [-0.25, -0.2) is 9.37 Å². The first-order chi connectivity index (χ1) is 17.6. The monoisotopic (exact) mass is 516 g/mol. The maximum absolute atomic E-state index is 13.5. The van der Waals surface area contributed by atoms with Gasteiger partial charge in [0.25, 0.3) is 5.78 Å². The van der Waals surface area contributed by atoms with Gasteiger partial charge in [-0.1, -0.05) is 56.4 Å². The Morgan fingerprint density at radius 2 is 1.70 bits per heavy atom. The lowest BCUT2D eigenvalue weighted by atomic mass is 9.85. The van der Waals surface area contributed by atoms with Crippen LogP contribution in [0.4, 0.5) is 9.52 Å². The average Bonchev–Trinajstić information content (AvgIpc) is 3.41. The Labute approximate surface area is 217 Å². The van der Waals surface area contributed by atoms with Gasteiger partial charge < -0.3 is 9.84 Å². The Balaban J connectivity index is 1.70. The number of hydrogen-bond donors (Lipinski definition) is 1. The van der Waals surface area contributed by atoms with Crippen molar-refractivity contribution in [2.75, 3.05) is 12.0 Å². The van der Waals surface area contributed by atoms with Crippen LogP contribution in [0.15, 0.2) is 72.3 Å². The molecule has 1 fully saturated rings. The van der Waals surface area contributed by atoms with Crippen LogP contribution in [0.5, 0.6) is 5.75 Å². The smallest absolute Gasteiger partial charge is 0.301 e. The molecular weight excluding hydrogens is 491 g/mol. The summed E-state index contributed by atoms with van der Waals surface area (Å²) in [5.41, 5.74) is 2.46. The van der Waals surface area contributed by atoms with Crippen LogP contribution in [-0.4, -0.2) is 28.9 Å². The minimum Gasteiger partial charge on any atom is -0.507 e. The van der Waals surface area contributed by atoms with E-state index in [4.69, 9.17) is 4.74 Å². The molecule has 6 nitrogen and oxygen atoms in total. The molecule has 1 unspecified atom stereocenters. The molecule has 0 bridgehead atoms. The number of amides is 1. The number of anilines is 1. The molecule has 0 spiro atoms. The Bertz CT molecular complexity index is 1550. The number of benzene rings is 3. The van der Waals surface area contributed by atoms with E-state index in [1.165, 1.54) is 40.5 Å². The number of carbonyl (C=O) groups excluding carboxylic acids is 2. The first-order valence-corrected chi connectivity index (χ1v) is 12.5. The second kappa shape index (κ2) is 9.12. The highest BCUT2D eigenvalue weighted by Crippen LogP contribution is 2.45. The number of ketones is 1. The van der Waals surface area contributed by atoms with Gasteiger partial charge in [0.1, 0.15) is 17.3 Å². The molecule has 1 atom stereocenters. The number of hydrogen-bond acceptors (Lipinski definition) is 6. The lowest BCUT2D eigenvalue weighted by Gasteiger charge is -2.24. The number of Topliss-reactive ketones (excluding diaryl/α,β-unsaturated/α-hetero) is 1. The summed E-state index contributed by atoms with van der Waals surface area (Å²) in [4.78, 5) is 32.8. The number of nitrogens with zero attached hydrogens (tertiary/aromatic N) is 2. The third kappa shape index (κ3) is 4.38. The first kappa shape index (κ1) is 24.6. The summed E-state index contributed by atoms with van der Waals surface area (Å²) in [5.74, 6) is -1.82. The van der Waals surface area contributed by atoms with Crippen LogP contribution < -0.4 is 9.64 Å². The number of methoxy groups -OCH3 is 1. The number of fused-ring (bicyclic) bond motifs is 1. The van der Waals surface area contributed by atoms with E-state index in [0.717, 1.165) is 10.3 Å². The minimum atomic E-state index is -0.915. The fraction of sp³-hybridized carbons (Fsp3) is 0.207. The molecule has 3 aromatic carbocycles. The zero-order valence-corrected chi connectivity index (χ0v) is 21.6. The normalized spacial score (nSPS) is 17.5. The quantitative estimate of drug-likeness (QED) is 0.194. The fourth-order valence-electron chi connectivity index (χ4n) is 4.40. The van der Waals surface area contributed by atoms with Gasteiger partial charge in [-0.15, -0.1) is 0 Å². The van der Waals surface area contributed by atoms with Gasteiger partial charge in [0.05, 0.1) is 28.9 Å². The van der Waals surface area contributed by atoms with Gasteiger partial charge in [-0.05, 0) is 59.0 Å². The molecule has 0 saturated carbocycles. The fourth-order valence-corrected chi connectivity index (χ4v) is 5.42. The van der Waals surface area contributed by atoms with Gasteiger partial charge in [0.2, 0.25) is 0 Å². The topological polar surface area (TPSA) is 79.7 Å². The predicted molar refractivity (Wildman–Crippen MR) is 142 cm³/mol. The van der Waals surface area contributed by atoms with Crippen molar-refractivity contribution in [2.45, 2.75) is 32.2 Å². The zero-order valence-electron chi connectivity index (χ0n) is 20.8. The van der Waals surface area contributed by atoms with E-state index in [2.05, 4.69) is 25.8 Å². The summed E-state index contributed by atoms with van der Waals surface area (Å²) in [5, 5.41) is 11.5. The van der Waals surface area contributed by atoms with Crippen molar-refractivity contribution < 1.29 is 23.8 Å². The number of aromatic nitrogens is 1. The second-order valence-electron chi connectivity index (χ2n) is 9.88. The average molecular weight is 517 g/mol. The highest BCUT2D eigenvalue weighted by molar-refractivity contribution is 7.22. The lowest BCUT2D eigenvalue weighted by Crippen LogP contribution is -2.29. The molecule has 5 rings (SSSR count). The van der Waals surface area contributed by atoms with Crippen LogP contribution in [0.25, 0.3) is 16.0 Å². The third-order valence-corrected chi connectivity index (χ3v) is 7.46. The molecule has 37 heavy (non-hydrogen) atoms. The summed E-state index contributed by atoms with van der Waals surface area (Å²) in [6, 6.07) is 17.2. The van der Waals surface area contributed by atoms with Gasteiger partial charge in [0, 0.05) is 5.56 Å². The number of aliphatic hydroxyl groups excluding tert-OH is 1. The summed E-state index contributed by atoms with van der Waals surface area (Å²) in [6.45, 7) is 6.29. The van der Waals surface area contributed by atoms with Crippen molar-refractivity contribution in [1.29, 1.82) is 0 Å². The minimum absolute atomic E-state index is 0.0723. The molecule has 188 valence electrons. The SMILES string of the molecule is COc1ccc2nc(N3C(=O)C(=O)C(=C(O)c4ccc(F)cc4)C3c3ccc(C(C)(C)C)cc3)sc2c1. The van der Waals surface area contributed by atoms with Crippen molar-refractivity contribution in [3.63, 3.8) is 0 Å². The van der Waals surface area contributed by atoms with E-state index in [-0.39, 0.29) is 22.3 Å².